The van der Waals surface area contributed by atoms with Crippen LogP contribution in [0.5, 0.6) is 0 Å². The highest BCUT2D eigenvalue weighted by Crippen LogP contribution is 2.15. The van der Waals surface area contributed by atoms with Gasteiger partial charge in [-0.05, 0) is 29.6 Å². The van der Waals surface area contributed by atoms with E-state index in [1.165, 1.54) is 25.9 Å². The van der Waals surface area contributed by atoms with Crippen molar-refractivity contribution >= 4 is 22.8 Å². The van der Waals surface area contributed by atoms with Crippen LogP contribution in [0.2, 0.25) is 0 Å². The van der Waals surface area contributed by atoms with Crippen molar-refractivity contribution in [1.82, 2.24) is 0 Å². The van der Waals surface area contributed by atoms with Crippen LogP contribution in [0.4, 0.5) is 0 Å². The molecule has 1 fully saturated rings. The van der Waals surface area contributed by atoms with Crippen LogP contribution in [0, 0.1) is 0 Å². The Morgan fingerprint density at radius 2 is 2.09 bits per heavy atom. The summed E-state index contributed by atoms with van der Waals surface area (Å²) in [5.74, 6) is 1.66. The molecule has 11 heavy (non-hydrogen) atoms. The lowest BCUT2D eigenvalue weighted by Crippen LogP contribution is -2.13. The molecule has 0 saturated carbocycles. The van der Waals surface area contributed by atoms with E-state index in [1.807, 2.05) is 0 Å². The fourth-order valence-electron chi connectivity index (χ4n) is 1.40. The van der Waals surface area contributed by atoms with Crippen LogP contribution in [0.15, 0.2) is 4.99 Å². The summed E-state index contributed by atoms with van der Waals surface area (Å²) in [7, 11) is 0. The molecule has 0 spiro atoms. The lowest BCUT2D eigenvalue weighted by Gasteiger charge is -1.93. The summed E-state index contributed by atoms with van der Waals surface area (Å²) in [6.45, 7) is 2.33. The van der Waals surface area contributed by atoms with Crippen LogP contribution in [-0.2, 0) is 0 Å². The molecule has 0 aromatic heterocycles. The van der Waals surface area contributed by atoms with Gasteiger partial charge in [-0.15, -0.1) is 0 Å². The van der Waals surface area contributed by atoms with E-state index in [0.717, 1.165) is 16.8 Å². The average Bonchev–Trinajstić information content (AvgIpc) is 2.55. The minimum Gasteiger partial charge on any atom is -0.366 e. The molecule has 2 rings (SSSR count). The fraction of sp³-hybridized carbons (Fsp3) is 0.714. The third-order valence-corrected chi connectivity index (χ3v) is 3.01. The normalized spacial score (nSPS) is 24.5. The maximum absolute atomic E-state index is 5.57. The number of rotatable bonds is 0. The maximum atomic E-state index is 5.57. The van der Waals surface area contributed by atoms with Crippen molar-refractivity contribution in [2.24, 2.45) is 10.7 Å². The van der Waals surface area contributed by atoms with Crippen molar-refractivity contribution in [3.05, 3.63) is 0 Å². The minimum absolute atomic E-state index is 0.775. The summed E-state index contributed by atoms with van der Waals surface area (Å²) in [6, 6.07) is 0. The van der Waals surface area contributed by atoms with Crippen LogP contribution < -0.4 is 5.73 Å². The molecular formula is C7H12N3S+. The topological polar surface area (TPSA) is 41.4 Å². The van der Waals surface area contributed by atoms with Crippen LogP contribution >= 0.6 is 11.8 Å². The Labute approximate surface area is 70.4 Å². The van der Waals surface area contributed by atoms with Gasteiger partial charge in [0.15, 0.2) is 0 Å². The highest BCUT2D eigenvalue weighted by molar-refractivity contribution is 8.14. The second-order valence-electron chi connectivity index (χ2n) is 2.87. The number of thioether (sulfide) groups is 1. The second-order valence-corrected chi connectivity index (χ2v) is 3.81. The zero-order valence-electron chi connectivity index (χ0n) is 6.42. The Balaban J connectivity index is 2.20. The minimum atomic E-state index is 0.775. The number of nitrogens with two attached hydrogens (primary N) is 1. The summed E-state index contributed by atoms with van der Waals surface area (Å²) in [5, 5.41) is 1.14. The molecule has 2 aliphatic heterocycles. The van der Waals surface area contributed by atoms with Gasteiger partial charge in [0.2, 0.25) is 5.84 Å². The Morgan fingerprint density at radius 1 is 1.36 bits per heavy atom. The molecule has 2 N–H and O–H groups in total. The van der Waals surface area contributed by atoms with Crippen LogP contribution in [0.3, 0.4) is 0 Å². The molecule has 0 aromatic carbocycles. The molecule has 0 radical (unpaired) electrons. The summed E-state index contributed by atoms with van der Waals surface area (Å²) >= 11 is 1.76. The van der Waals surface area contributed by atoms with Crippen molar-refractivity contribution in [3.63, 3.8) is 0 Å². The summed E-state index contributed by atoms with van der Waals surface area (Å²) in [6.07, 6.45) is 2.61. The first kappa shape index (κ1) is 7.16. The van der Waals surface area contributed by atoms with Crippen molar-refractivity contribution in [2.45, 2.75) is 12.8 Å². The molecule has 2 aliphatic rings. The van der Waals surface area contributed by atoms with E-state index in [-0.39, 0.29) is 0 Å². The molecule has 0 amide bonds. The monoisotopic (exact) mass is 170 g/mol. The summed E-state index contributed by atoms with van der Waals surface area (Å²) in [4.78, 5) is 4.27. The van der Waals surface area contributed by atoms with Gasteiger partial charge in [-0.1, -0.05) is 0 Å². The molecular weight excluding hydrogens is 158 g/mol. The summed E-state index contributed by atoms with van der Waals surface area (Å²) in [5.41, 5.74) is 5.57. The highest BCUT2D eigenvalue weighted by Gasteiger charge is 2.25. The third kappa shape index (κ3) is 1.40. The number of nitrogens with zero attached hydrogens (tertiary/aromatic N) is 2. The van der Waals surface area contributed by atoms with E-state index in [0.29, 0.717) is 0 Å². The van der Waals surface area contributed by atoms with E-state index in [2.05, 4.69) is 9.57 Å². The highest BCUT2D eigenvalue weighted by atomic mass is 32.2. The SMILES string of the molecule is NC1=NC(=[N+]2CCCC2)SC1. The molecule has 0 unspecified atom stereocenters. The van der Waals surface area contributed by atoms with E-state index in [1.54, 1.807) is 11.8 Å². The molecule has 2 heterocycles. The maximum Gasteiger partial charge on any atom is 0.357 e. The number of amidine groups is 2. The van der Waals surface area contributed by atoms with Crippen LogP contribution in [0.25, 0.3) is 0 Å². The van der Waals surface area contributed by atoms with Gasteiger partial charge in [-0.25, -0.2) is 0 Å². The van der Waals surface area contributed by atoms with Crippen LogP contribution in [0.1, 0.15) is 12.8 Å². The number of hydrogen-bond donors (Lipinski definition) is 1. The Hall–Kier alpha value is -0.510. The van der Waals surface area contributed by atoms with Gasteiger partial charge < -0.3 is 5.73 Å². The molecule has 0 bridgehead atoms. The van der Waals surface area contributed by atoms with Crippen molar-refractivity contribution in [3.8, 4) is 0 Å². The predicted molar refractivity (Wildman–Crippen MR) is 48.3 cm³/mol. The first-order chi connectivity index (χ1) is 5.36. The Kier molecular flexibility index (Phi) is 1.85. The van der Waals surface area contributed by atoms with E-state index >= 15 is 0 Å². The number of hydrogen-bond acceptors (Lipinski definition) is 2. The quantitative estimate of drug-likeness (QED) is 0.530. The zero-order chi connectivity index (χ0) is 7.68. The molecule has 60 valence electrons. The first-order valence-electron chi connectivity index (χ1n) is 3.94. The van der Waals surface area contributed by atoms with Crippen LogP contribution in [-0.4, -0.2) is 34.4 Å². The van der Waals surface area contributed by atoms with Crippen molar-refractivity contribution < 1.29 is 4.58 Å². The second kappa shape index (κ2) is 2.85. The van der Waals surface area contributed by atoms with E-state index in [4.69, 9.17) is 5.73 Å². The Bertz CT molecular complexity index is 224. The van der Waals surface area contributed by atoms with E-state index in [9.17, 15) is 0 Å². The molecule has 1 saturated heterocycles. The fourth-order valence-corrected chi connectivity index (χ4v) is 2.28. The number of aliphatic imine (C=N–C) groups is 1. The largest absolute Gasteiger partial charge is 0.366 e. The molecule has 3 nitrogen and oxygen atoms in total. The van der Waals surface area contributed by atoms with Gasteiger partial charge >= 0.3 is 5.17 Å². The van der Waals surface area contributed by atoms with Gasteiger partial charge in [-0.3, -0.25) is 4.58 Å². The average molecular weight is 170 g/mol. The molecule has 0 aliphatic carbocycles. The van der Waals surface area contributed by atoms with Gasteiger partial charge in [0.05, 0.1) is 18.8 Å². The molecule has 4 heteroatoms. The third-order valence-electron chi connectivity index (χ3n) is 1.96. The molecule has 0 aromatic rings. The smallest absolute Gasteiger partial charge is 0.357 e. The lowest BCUT2D eigenvalue weighted by atomic mass is 10.4. The van der Waals surface area contributed by atoms with Gasteiger partial charge in [0.1, 0.15) is 0 Å². The Morgan fingerprint density at radius 3 is 2.64 bits per heavy atom. The lowest BCUT2D eigenvalue weighted by molar-refractivity contribution is -0.503. The van der Waals surface area contributed by atoms with Crippen molar-refractivity contribution in [2.75, 3.05) is 18.8 Å². The van der Waals surface area contributed by atoms with Crippen molar-refractivity contribution in [1.29, 1.82) is 0 Å². The van der Waals surface area contributed by atoms with Gasteiger partial charge in [0.25, 0.3) is 0 Å². The predicted octanol–water partition coefficient (Wildman–Crippen LogP) is 0.253. The van der Waals surface area contributed by atoms with Gasteiger partial charge in [-0.2, -0.15) is 0 Å². The standard InChI is InChI=1S/C7H11N3S/c8-6-5-11-7(9-6)10-3-1-2-4-10/h8H,1-5H2/p+1. The first-order valence-corrected chi connectivity index (χ1v) is 4.92. The van der Waals surface area contributed by atoms with E-state index < -0.39 is 0 Å². The zero-order valence-corrected chi connectivity index (χ0v) is 7.23. The van der Waals surface area contributed by atoms with Gasteiger partial charge in [0, 0.05) is 0 Å². The summed E-state index contributed by atoms with van der Waals surface area (Å²) < 4.78 is 2.32. The molecule has 0 atom stereocenters.